The lowest BCUT2D eigenvalue weighted by molar-refractivity contribution is -0.118. The molecule has 0 bridgehead atoms. The first-order valence-electron chi connectivity index (χ1n) is 11.4. The number of benzene rings is 3. The number of nitrogens with one attached hydrogen (secondary N) is 2. The van der Waals surface area contributed by atoms with Crippen LogP contribution in [0.25, 0.3) is 5.69 Å². The summed E-state index contributed by atoms with van der Waals surface area (Å²) in [4.78, 5) is 26.7. The molecule has 2 amide bonds. The predicted molar refractivity (Wildman–Crippen MR) is 134 cm³/mol. The molecule has 0 saturated carbocycles. The summed E-state index contributed by atoms with van der Waals surface area (Å²) >= 11 is 0. The van der Waals surface area contributed by atoms with Crippen LogP contribution in [-0.2, 0) is 4.79 Å². The standard InChI is InChI=1S/C28H26N4O3/c1-17-14-15-22(35-3)21(16-17)24-23-18(2)31-32(20-12-8-5-9-13-20)26(23)30-28(34)25(24)29-27(33)19-10-6-4-7-11-19/h4-16,24-25H,1-3H3,(H,29,33)(H,30,34)/t24-,25+/m0/s1. The zero-order valence-corrected chi connectivity index (χ0v) is 19.8. The first kappa shape index (κ1) is 22.4. The number of amides is 2. The van der Waals surface area contributed by atoms with Crippen molar-refractivity contribution in [2.45, 2.75) is 25.8 Å². The van der Waals surface area contributed by atoms with Crippen LogP contribution in [0.5, 0.6) is 5.75 Å². The van der Waals surface area contributed by atoms with Crippen molar-refractivity contribution in [2.24, 2.45) is 0 Å². The number of carbonyl (C=O) groups is 2. The Hall–Kier alpha value is -4.39. The third-order valence-electron chi connectivity index (χ3n) is 6.32. The van der Waals surface area contributed by atoms with Crippen LogP contribution >= 0.6 is 0 Å². The lowest BCUT2D eigenvalue weighted by Crippen LogP contribution is -2.50. The molecule has 7 nitrogen and oxygen atoms in total. The number of methoxy groups -OCH3 is 1. The van der Waals surface area contributed by atoms with Gasteiger partial charge >= 0.3 is 0 Å². The minimum atomic E-state index is -0.863. The van der Waals surface area contributed by atoms with Crippen molar-refractivity contribution in [3.05, 3.63) is 107 Å². The fraction of sp³-hybridized carbons (Fsp3) is 0.179. The van der Waals surface area contributed by atoms with E-state index in [9.17, 15) is 9.59 Å². The molecule has 0 saturated heterocycles. The van der Waals surface area contributed by atoms with Gasteiger partial charge in [0.15, 0.2) is 0 Å². The van der Waals surface area contributed by atoms with E-state index in [4.69, 9.17) is 9.84 Å². The normalized spacial score (nSPS) is 16.8. The number of hydrogen-bond acceptors (Lipinski definition) is 4. The molecule has 2 heterocycles. The number of hydrogen-bond donors (Lipinski definition) is 2. The molecule has 2 N–H and O–H groups in total. The van der Waals surface area contributed by atoms with Crippen LogP contribution in [0.2, 0.25) is 0 Å². The van der Waals surface area contributed by atoms with Crippen molar-refractivity contribution in [3.63, 3.8) is 0 Å². The third-order valence-corrected chi connectivity index (χ3v) is 6.32. The Morgan fingerprint density at radius 3 is 2.37 bits per heavy atom. The number of para-hydroxylation sites is 1. The summed E-state index contributed by atoms with van der Waals surface area (Å²) in [7, 11) is 1.61. The lowest BCUT2D eigenvalue weighted by Gasteiger charge is -2.33. The SMILES string of the molecule is COc1ccc(C)cc1[C@H]1c2c(C)nn(-c3ccccc3)c2NC(=O)[C@@H]1NC(=O)c1ccccc1. The number of fused-ring (bicyclic) bond motifs is 1. The third kappa shape index (κ3) is 4.05. The molecular formula is C28H26N4O3. The summed E-state index contributed by atoms with van der Waals surface area (Å²) < 4.78 is 7.44. The van der Waals surface area contributed by atoms with Crippen molar-refractivity contribution in [1.29, 1.82) is 0 Å². The summed E-state index contributed by atoms with van der Waals surface area (Å²) in [5, 5.41) is 10.8. The molecule has 2 atom stereocenters. The van der Waals surface area contributed by atoms with Gasteiger partial charge in [0, 0.05) is 22.6 Å². The molecular weight excluding hydrogens is 440 g/mol. The second kappa shape index (κ2) is 9.10. The zero-order valence-electron chi connectivity index (χ0n) is 19.8. The molecule has 0 radical (unpaired) electrons. The Morgan fingerprint density at radius 2 is 1.69 bits per heavy atom. The maximum atomic E-state index is 13.6. The number of carbonyl (C=O) groups excluding carboxylic acids is 2. The van der Waals surface area contributed by atoms with Gasteiger partial charge in [0.1, 0.15) is 17.6 Å². The zero-order chi connectivity index (χ0) is 24.5. The number of rotatable bonds is 5. The van der Waals surface area contributed by atoms with Gasteiger partial charge in [-0.25, -0.2) is 4.68 Å². The molecule has 0 unspecified atom stereocenters. The van der Waals surface area contributed by atoms with Crippen LogP contribution in [-0.4, -0.2) is 34.7 Å². The van der Waals surface area contributed by atoms with Crippen molar-refractivity contribution >= 4 is 17.6 Å². The Balaban J connectivity index is 1.68. The Morgan fingerprint density at radius 1 is 1.00 bits per heavy atom. The second-order valence-electron chi connectivity index (χ2n) is 8.62. The maximum Gasteiger partial charge on any atom is 0.251 e. The van der Waals surface area contributed by atoms with E-state index in [2.05, 4.69) is 10.6 Å². The maximum absolute atomic E-state index is 13.6. The van der Waals surface area contributed by atoms with Crippen LogP contribution in [0.4, 0.5) is 5.82 Å². The van der Waals surface area contributed by atoms with Crippen LogP contribution in [0.3, 0.4) is 0 Å². The molecule has 1 aromatic heterocycles. The van der Waals surface area contributed by atoms with Gasteiger partial charge in [-0.15, -0.1) is 0 Å². The molecule has 1 aliphatic rings. The first-order valence-corrected chi connectivity index (χ1v) is 11.4. The summed E-state index contributed by atoms with van der Waals surface area (Å²) in [5.41, 5.74) is 4.76. The van der Waals surface area contributed by atoms with E-state index < -0.39 is 12.0 Å². The van der Waals surface area contributed by atoms with Crippen LogP contribution in [0, 0.1) is 13.8 Å². The molecule has 176 valence electrons. The Kier molecular flexibility index (Phi) is 5.82. The van der Waals surface area contributed by atoms with E-state index >= 15 is 0 Å². The van der Waals surface area contributed by atoms with E-state index in [-0.39, 0.29) is 11.8 Å². The molecule has 0 aliphatic carbocycles. The summed E-state index contributed by atoms with van der Waals surface area (Å²) in [5.74, 6) is 0.106. The van der Waals surface area contributed by atoms with Gasteiger partial charge in [0.2, 0.25) is 5.91 Å². The van der Waals surface area contributed by atoms with Crippen molar-refractivity contribution in [3.8, 4) is 11.4 Å². The fourth-order valence-corrected chi connectivity index (χ4v) is 4.70. The van der Waals surface area contributed by atoms with E-state index in [1.807, 2.05) is 68.4 Å². The minimum Gasteiger partial charge on any atom is -0.496 e. The van der Waals surface area contributed by atoms with Gasteiger partial charge < -0.3 is 15.4 Å². The Bertz CT molecular complexity index is 1400. The molecule has 1 aliphatic heterocycles. The van der Waals surface area contributed by atoms with Crippen LogP contribution in [0.1, 0.15) is 38.7 Å². The smallest absolute Gasteiger partial charge is 0.251 e. The molecule has 0 spiro atoms. The van der Waals surface area contributed by atoms with E-state index in [0.717, 1.165) is 28.1 Å². The van der Waals surface area contributed by atoms with E-state index in [0.29, 0.717) is 17.1 Å². The van der Waals surface area contributed by atoms with Gasteiger partial charge in [0.25, 0.3) is 5.91 Å². The van der Waals surface area contributed by atoms with E-state index in [1.54, 1.807) is 36.1 Å². The number of aryl methyl sites for hydroxylation is 2. The highest BCUT2D eigenvalue weighted by molar-refractivity contribution is 6.04. The quantitative estimate of drug-likeness (QED) is 0.457. The molecule has 0 fully saturated rings. The minimum absolute atomic E-state index is 0.313. The average Bonchev–Trinajstić information content (AvgIpc) is 3.21. The van der Waals surface area contributed by atoms with Gasteiger partial charge in [-0.1, -0.05) is 54.1 Å². The van der Waals surface area contributed by atoms with E-state index in [1.165, 1.54) is 0 Å². The van der Waals surface area contributed by atoms with Gasteiger partial charge in [0.05, 0.1) is 18.5 Å². The van der Waals surface area contributed by atoms with Crippen LogP contribution < -0.4 is 15.4 Å². The fourth-order valence-electron chi connectivity index (χ4n) is 4.70. The molecule has 7 heteroatoms. The predicted octanol–water partition coefficient (Wildman–Crippen LogP) is 4.38. The number of aromatic nitrogens is 2. The van der Waals surface area contributed by atoms with Crippen molar-refractivity contribution in [2.75, 3.05) is 12.4 Å². The van der Waals surface area contributed by atoms with Gasteiger partial charge in [-0.05, 0) is 44.2 Å². The average molecular weight is 467 g/mol. The topological polar surface area (TPSA) is 85.2 Å². The number of anilines is 1. The van der Waals surface area contributed by atoms with Crippen molar-refractivity contribution < 1.29 is 14.3 Å². The second-order valence-corrected chi connectivity index (χ2v) is 8.62. The summed E-state index contributed by atoms with van der Waals surface area (Å²) in [6.45, 7) is 3.91. The monoisotopic (exact) mass is 466 g/mol. The summed E-state index contributed by atoms with van der Waals surface area (Å²) in [6, 6.07) is 23.5. The molecule has 5 rings (SSSR count). The molecule has 3 aromatic carbocycles. The first-order chi connectivity index (χ1) is 17.0. The highest BCUT2D eigenvalue weighted by Crippen LogP contribution is 2.43. The number of nitrogens with zero attached hydrogens (tertiary/aromatic N) is 2. The highest BCUT2D eigenvalue weighted by Gasteiger charge is 2.43. The Labute approximate surface area is 203 Å². The van der Waals surface area contributed by atoms with Crippen LogP contribution in [0.15, 0.2) is 78.9 Å². The van der Waals surface area contributed by atoms with Gasteiger partial charge in [-0.3, -0.25) is 9.59 Å². The molecule has 35 heavy (non-hydrogen) atoms. The highest BCUT2D eigenvalue weighted by atomic mass is 16.5. The summed E-state index contributed by atoms with van der Waals surface area (Å²) in [6.07, 6.45) is 0. The number of ether oxygens (including phenoxy) is 1. The largest absolute Gasteiger partial charge is 0.496 e. The lowest BCUT2D eigenvalue weighted by atomic mass is 9.81. The van der Waals surface area contributed by atoms with Gasteiger partial charge in [-0.2, -0.15) is 5.10 Å². The molecule has 4 aromatic rings. The van der Waals surface area contributed by atoms with Crippen molar-refractivity contribution in [1.82, 2.24) is 15.1 Å².